The lowest BCUT2D eigenvalue weighted by atomic mass is 10.1. The van der Waals surface area contributed by atoms with Gasteiger partial charge in [0.1, 0.15) is 5.02 Å². The molecule has 34 heavy (non-hydrogen) atoms. The number of ether oxygens (including phenoxy) is 4. The number of benzene rings is 2. The zero-order chi connectivity index (χ0) is 24.8. The van der Waals surface area contributed by atoms with Crippen molar-refractivity contribution in [2.24, 2.45) is 4.99 Å². The van der Waals surface area contributed by atoms with Crippen molar-refractivity contribution in [1.82, 2.24) is 0 Å². The molecule has 2 aromatic carbocycles. The van der Waals surface area contributed by atoms with E-state index in [1.165, 1.54) is 24.3 Å². The molecule has 0 atom stereocenters. The van der Waals surface area contributed by atoms with Crippen LogP contribution in [-0.2, 0) is 19.1 Å². The lowest BCUT2D eigenvalue weighted by molar-refractivity contribution is -0.384. The van der Waals surface area contributed by atoms with Gasteiger partial charge in [0.25, 0.3) is 5.69 Å². The lowest BCUT2D eigenvalue weighted by Crippen LogP contribution is -2.15. The van der Waals surface area contributed by atoms with Crippen molar-refractivity contribution in [3.05, 3.63) is 66.8 Å². The SMILES string of the molecule is CCOC(=O)COc1c(Br)cc(/C=C2\N=C(c3ccc(Cl)c([N+](=O)[O-])c3)OC2=O)cc1OCC. The number of nitrogens with zero attached hydrogens (tertiary/aromatic N) is 2. The highest BCUT2D eigenvalue weighted by atomic mass is 79.9. The van der Waals surface area contributed by atoms with E-state index < -0.39 is 16.9 Å². The van der Waals surface area contributed by atoms with Gasteiger partial charge in [0.2, 0.25) is 5.90 Å². The molecule has 0 bridgehead atoms. The molecule has 0 aromatic heterocycles. The lowest BCUT2D eigenvalue weighted by Gasteiger charge is -2.14. The Kier molecular flexibility index (Phi) is 8.24. The number of hydrogen-bond donors (Lipinski definition) is 0. The number of hydrogen-bond acceptors (Lipinski definition) is 9. The molecule has 178 valence electrons. The van der Waals surface area contributed by atoms with Crippen molar-refractivity contribution in [2.45, 2.75) is 13.8 Å². The number of nitro groups is 1. The van der Waals surface area contributed by atoms with Crippen LogP contribution in [0.1, 0.15) is 25.0 Å². The second kappa shape index (κ2) is 11.1. The summed E-state index contributed by atoms with van der Waals surface area (Å²) in [6.45, 7) is 3.72. The Hall–Kier alpha value is -3.44. The monoisotopic (exact) mass is 552 g/mol. The minimum Gasteiger partial charge on any atom is -0.490 e. The van der Waals surface area contributed by atoms with E-state index in [0.29, 0.717) is 28.1 Å². The van der Waals surface area contributed by atoms with Gasteiger partial charge < -0.3 is 18.9 Å². The van der Waals surface area contributed by atoms with E-state index in [0.717, 1.165) is 0 Å². The molecule has 12 heteroatoms. The van der Waals surface area contributed by atoms with Crippen molar-refractivity contribution in [3.63, 3.8) is 0 Å². The van der Waals surface area contributed by atoms with E-state index in [1.807, 2.05) is 0 Å². The molecule has 0 N–H and O–H groups in total. The van der Waals surface area contributed by atoms with E-state index in [9.17, 15) is 19.7 Å². The van der Waals surface area contributed by atoms with Crippen molar-refractivity contribution in [3.8, 4) is 11.5 Å². The minimum absolute atomic E-state index is 0.0258. The molecule has 0 spiro atoms. The van der Waals surface area contributed by atoms with Gasteiger partial charge in [0.05, 0.1) is 22.6 Å². The molecule has 1 aliphatic heterocycles. The number of carbonyl (C=O) groups excluding carboxylic acids is 2. The first-order valence-corrected chi connectivity index (χ1v) is 11.1. The van der Waals surface area contributed by atoms with Crippen molar-refractivity contribution in [1.29, 1.82) is 0 Å². The predicted molar refractivity (Wildman–Crippen MR) is 126 cm³/mol. The number of aliphatic imine (C=N–C) groups is 1. The van der Waals surface area contributed by atoms with Gasteiger partial charge in [0.15, 0.2) is 23.8 Å². The fourth-order valence-electron chi connectivity index (χ4n) is 2.88. The van der Waals surface area contributed by atoms with Gasteiger partial charge in [0, 0.05) is 11.6 Å². The van der Waals surface area contributed by atoms with Gasteiger partial charge in [-0.05, 0) is 65.7 Å². The summed E-state index contributed by atoms with van der Waals surface area (Å²) >= 11 is 9.22. The highest BCUT2D eigenvalue weighted by Gasteiger charge is 2.26. The molecule has 0 fully saturated rings. The summed E-state index contributed by atoms with van der Waals surface area (Å²) in [4.78, 5) is 38.6. The van der Waals surface area contributed by atoms with Crippen LogP contribution in [0, 0.1) is 10.1 Å². The first kappa shape index (κ1) is 25.2. The Morgan fingerprint density at radius 1 is 1.24 bits per heavy atom. The number of nitro benzene ring substituents is 1. The van der Waals surface area contributed by atoms with E-state index in [-0.39, 0.29) is 41.1 Å². The minimum atomic E-state index is -0.732. The molecule has 3 rings (SSSR count). The Morgan fingerprint density at radius 2 is 2.00 bits per heavy atom. The summed E-state index contributed by atoms with van der Waals surface area (Å²) in [5.74, 6) is -0.722. The number of halogens is 2. The predicted octanol–water partition coefficient (Wildman–Crippen LogP) is 4.70. The van der Waals surface area contributed by atoms with Gasteiger partial charge in [-0.25, -0.2) is 14.6 Å². The van der Waals surface area contributed by atoms with Crippen LogP contribution in [0.3, 0.4) is 0 Å². The first-order chi connectivity index (χ1) is 16.2. The van der Waals surface area contributed by atoms with Crippen molar-refractivity contribution < 1.29 is 33.5 Å². The zero-order valence-corrected chi connectivity index (χ0v) is 20.3. The molecular formula is C22H18BrClN2O8. The maximum absolute atomic E-state index is 12.4. The molecule has 0 saturated heterocycles. The quantitative estimate of drug-likeness (QED) is 0.189. The average Bonchev–Trinajstić information content (AvgIpc) is 3.13. The highest BCUT2D eigenvalue weighted by molar-refractivity contribution is 9.10. The molecule has 0 aliphatic carbocycles. The summed E-state index contributed by atoms with van der Waals surface area (Å²) in [7, 11) is 0. The molecule has 0 amide bonds. The number of carbonyl (C=O) groups is 2. The Balaban J connectivity index is 1.92. The normalized spacial score (nSPS) is 13.9. The largest absolute Gasteiger partial charge is 0.490 e. The van der Waals surface area contributed by atoms with Crippen LogP contribution in [0.15, 0.2) is 45.5 Å². The second-order valence-corrected chi connectivity index (χ2v) is 7.88. The van der Waals surface area contributed by atoms with Crippen molar-refractivity contribution >= 4 is 57.1 Å². The number of cyclic esters (lactones) is 1. The average molecular weight is 554 g/mol. The van der Waals surface area contributed by atoms with Gasteiger partial charge in [-0.15, -0.1) is 0 Å². The fraction of sp³-hybridized carbons (Fsp3) is 0.227. The van der Waals surface area contributed by atoms with Crippen LogP contribution in [0.5, 0.6) is 11.5 Å². The molecule has 10 nitrogen and oxygen atoms in total. The smallest absolute Gasteiger partial charge is 0.363 e. The third kappa shape index (κ3) is 5.91. The highest BCUT2D eigenvalue weighted by Crippen LogP contribution is 2.38. The topological polar surface area (TPSA) is 127 Å². The second-order valence-electron chi connectivity index (χ2n) is 6.62. The molecule has 1 aliphatic rings. The van der Waals surface area contributed by atoms with Gasteiger partial charge in [-0.2, -0.15) is 0 Å². The molecule has 0 unspecified atom stereocenters. The molecule has 1 heterocycles. The van der Waals surface area contributed by atoms with E-state index >= 15 is 0 Å². The summed E-state index contributed by atoms with van der Waals surface area (Å²) in [6.07, 6.45) is 1.46. The maximum atomic E-state index is 12.4. The molecule has 0 radical (unpaired) electrons. The zero-order valence-electron chi connectivity index (χ0n) is 18.0. The van der Waals surface area contributed by atoms with E-state index in [4.69, 9.17) is 30.5 Å². The maximum Gasteiger partial charge on any atom is 0.363 e. The van der Waals surface area contributed by atoms with Crippen LogP contribution in [0.25, 0.3) is 6.08 Å². The van der Waals surface area contributed by atoms with E-state index in [2.05, 4.69) is 20.9 Å². The summed E-state index contributed by atoms with van der Waals surface area (Å²) in [5.41, 5.74) is 0.394. The van der Waals surface area contributed by atoms with Gasteiger partial charge in [-0.1, -0.05) is 11.6 Å². The number of rotatable bonds is 9. The van der Waals surface area contributed by atoms with Crippen molar-refractivity contribution in [2.75, 3.05) is 19.8 Å². The molecule has 2 aromatic rings. The van der Waals surface area contributed by atoms with Crippen LogP contribution in [0.4, 0.5) is 5.69 Å². The van der Waals surface area contributed by atoms with Gasteiger partial charge >= 0.3 is 11.9 Å². The van der Waals surface area contributed by atoms with Crippen LogP contribution in [-0.4, -0.2) is 42.6 Å². The standard InChI is InChI=1S/C22H18BrClN2O8/c1-3-31-18-9-12(7-14(23)20(18)33-11-19(27)32-4-2)8-16-22(28)34-21(25-16)13-5-6-15(24)17(10-13)26(29)30/h5-10H,3-4,11H2,1-2H3/b16-8-. The third-order valence-corrected chi connectivity index (χ3v) is 5.19. The Labute approximate surface area is 207 Å². The van der Waals surface area contributed by atoms with Crippen LogP contribution in [0.2, 0.25) is 5.02 Å². The molecule has 0 saturated carbocycles. The first-order valence-electron chi connectivity index (χ1n) is 9.95. The Morgan fingerprint density at radius 3 is 2.68 bits per heavy atom. The number of esters is 2. The summed E-state index contributed by atoms with van der Waals surface area (Å²) in [5, 5.41) is 11.1. The molecular weight excluding hydrogens is 536 g/mol. The fourth-order valence-corrected chi connectivity index (χ4v) is 3.64. The summed E-state index contributed by atoms with van der Waals surface area (Å²) in [6, 6.07) is 7.22. The summed E-state index contributed by atoms with van der Waals surface area (Å²) < 4.78 is 21.7. The van der Waals surface area contributed by atoms with Gasteiger partial charge in [-0.3, -0.25) is 10.1 Å². The van der Waals surface area contributed by atoms with Crippen LogP contribution >= 0.6 is 27.5 Å². The third-order valence-electron chi connectivity index (χ3n) is 4.29. The Bertz CT molecular complexity index is 1210. The van der Waals surface area contributed by atoms with Crippen LogP contribution < -0.4 is 9.47 Å². The van der Waals surface area contributed by atoms with E-state index in [1.54, 1.807) is 26.0 Å².